The lowest BCUT2D eigenvalue weighted by Gasteiger charge is -2.37. The standard InChI is InChI=1S/C15H23FN4O/c1-17-15(18-7-12-21-2)20-10-8-19(9-11-20)14-6-4-3-5-13(14)16/h3-6H,7-12H2,1-2H3,(H,17,18). The Balaban J connectivity index is 1.89. The molecule has 0 aromatic heterocycles. The Morgan fingerprint density at radius 3 is 2.62 bits per heavy atom. The number of hydrogen-bond acceptors (Lipinski definition) is 3. The molecular formula is C15H23FN4O. The maximum atomic E-state index is 13.8. The molecule has 1 aromatic rings. The zero-order chi connectivity index (χ0) is 15.1. The van der Waals surface area contributed by atoms with Gasteiger partial charge in [0.05, 0.1) is 12.3 Å². The molecule has 0 radical (unpaired) electrons. The van der Waals surface area contributed by atoms with Crippen LogP contribution in [0.15, 0.2) is 29.3 Å². The number of nitrogens with one attached hydrogen (secondary N) is 1. The van der Waals surface area contributed by atoms with E-state index in [1.807, 2.05) is 12.1 Å². The van der Waals surface area contributed by atoms with Crippen LogP contribution in [0.5, 0.6) is 0 Å². The lowest BCUT2D eigenvalue weighted by molar-refractivity contribution is 0.202. The Labute approximate surface area is 125 Å². The van der Waals surface area contributed by atoms with Crippen molar-refractivity contribution >= 4 is 11.6 Å². The van der Waals surface area contributed by atoms with Gasteiger partial charge in [-0.05, 0) is 12.1 Å². The second-order valence-corrected chi connectivity index (χ2v) is 4.89. The molecule has 6 heteroatoms. The van der Waals surface area contributed by atoms with Crippen molar-refractivity contribution in [2.45, 2.75) is 0 Å². The van der Waals surface area contributed by atoms with E-state index >= 15 is 0 Å². The summed E-state index contributed by atoms with van der Waals surface area (Å²) in [6.45, 7) is 4.59. The number of halogens is 1. The summed E-state index contributed by atoms with van der Waals surface area (Å²) in [6, 6.07) is 6.93. The minimum Gasteiger partial charge on any atom is -0.383 e. The third-order valence-corrected chi connectivity index (χ3v) is 3.57. The van der Waals surface area contributed by atoms with Gasteiger partial charge in [0.2, 0.25) is 0 Å². The number of rotatable bonds is 4. The van der Waals surface area contributed by atoms with Crippen molar-refractivity contribution in [2.75, 3.05) is 58.4 Å². The molecule has 0 amide bonds. The number of para-hydroxylation sites is 1. The van der Waals surface area contributed by atoms with Crippen LogP contribution in [0.3, 0.4) is 0 Å². The fourth-order valence-electron chi connectivity index (χ4n) is 2.46. The van der Waals surface area contributed by atoms with Crippen LogP contribution >= 0.6 is 0 Å². The van der Waals surface area contributed by atoms with Gasteiger partial charge in [0.15, 0.2) is 5.96 Å². The lowest BCUT2D eigenvalue weighted by Crippen LogP contribution is -2.53. The maximum Gasteiger partial charge on any atom is 0.193 e. The molecule has 0 atom stereocenters. The van der Waals surface area contributed by atoms with Crippen molar-refractivity contribution in [3.63, 3.8) is 0 Å². The highest BCUT2D eigenvalue weighted by molar-refractivity contribution is 5.80. The Morgan fingerprint density at radius 1 is 1.29 bits per heavy atom. The summed E-state index contributed by atoms with van der Waals surface area (Å²) in [5, 5.41) is 3.26. The number of methoxy groups -OCH3 is 1. The van der Waals surface area contributed by atoms with Gasteiger partial charge in [-0.2, -0.15) is 0 Å². The molecule has 0 aliphatic carbocycles. The van der Waals surface area contributed by atoms with Gasteiger partial charge < -0.3 is 19.9 Å². The Kier molecular flexibility index (Phi) is 5.80. The molecule has 0 spiro atoms. The van der Waals surface area contributed by atoms with Crippen molar-refractivity contribution < 1.29 is 9.13 Å². The summed E-state index contributed by atoms with van der Waals surface area (Å²) >= 11 is 0. The number of ether oxygens (including phenoxy) is 1. The predicted molar refractivity (Wildman–Crippen MR) is 83.4 cm³/mol. The van der Waals surface area contributed by atoms with Crippen molar-refractivity contribution in [3.05, 3.63) is 30.1 Å². The van der Waals surface area contributed by atoms with Crippen LogP contribution < -0.4 is 10.2 Å². The highest BCUT2D eigenvalue weighted by atomic mass is 19.1. The molecule has 5 nitrogen and oxygen atoms in total. The highest BCUT2D eigenvalue weighted by Crippen LogP contribution is 2.20. The number of nitrogens with zero attached hydrogens (tertiary/aromatic N) is 3. The third-order valence-electron chi connectivity index (χ3n) is 3.57. The lowest BCUT2D eigenvalue weighted by atomic mass is 10.2. The monoisotopic (exact) mass is 294 g/mol. The van der Waals surface area contributed by atoms with E-state index in [4.69, 9.17) is 4.74 Å². The van der Waals surface area contributed by atoms with Gasteiger partial charge in [-0.1, -0.05) is 12.1 Å². The van der Waals surface area contributed by atoms with E-state index in [2.05, 4.69) is 20.1 Å². The van der Waals surface area contributed by atoms with E-state index in [1.54, 1.807) is 20.2 Å². The molecule has 21 heavy (non-hydrogen) atoms. The van der Waals surface area contributed by atoms with E-state index in [1.165, 1.54) is 6.07 Å². The number of anilines is 1. The fraction of sp³-hybridized carbons (Fsp3) is 0.533. The van der Waals surface area contributed by atoms with E-state index in [-0.39, 0.29) is 5.82 Å². The molecule has 1 heterocycles. The molecule has 0 bridgehead atoms. The van der Waals surface area contributed by atoms with Crippen LogP contribution in [0.4, 0.5) is 10.1 Å². The van der Waals surface area contributed by atoms with Gasteiger partial charge in [-0.15, -0.1) is 0 Å². The van der Waals surface area contributed by atoms with Gasteiger partial charge in [-0.3, -0.25) is 4.99 Å². The quantitative estimate of drug-likeness (QED) is 0.514. The van der Waals surface area contributed by atoms with Crippen LogP contribution in [-0.2, 0) is 4.74 Å². The zero-order valence-corrected chi connectivity index (χ0v) is 12.7. The van der Waals surface area contributed by atoms with E-state index in [9.17, 15) is 4.39 Å². The molecule has 1 aliphatic heterocycles. The topological polar surface area (TPSA) is 40.1 Å². The molecule has 1 aromatic carbocycles. The SMILES string of the molecule is CN=C(NCCOC)N1CCN(c2ccccc2F)CC1. The number of hydrogen-bond donors (Lipinski definition) is 1. The second-order valence-electron chi connectivity index (χ2n) is 4.89. The van der Waals surface area contributed by atoms with E-state index < -0.39 is 0 Å². The minimum absolute atomic E-state index is 0.159. The smallest absolute Gasteiger partial charge is 0.193 e. The van der Waals surface area contributed by atoms with Crippen LogP contribution in [0.1, 0.15) is 0 Å². The first kappa shape index (κ1) is 15.6. The van der Waals surface area contributed by atoms with E-state index in [0.29, 0.717) is 12.3 Å². The van der Waals surface area contributed by atoms with Crippen LogP contribution in [0, 0.1) is 5.82 Å². The first-order valence-corrected chi connectivity index (χ1v) is 7.20. The van der Waals surface area contributed by atoms with Crippen molar-refractivity contribution in [2.24, 2.45) is 4.99 Å². The normalized spacial score (nSPS) is 16.2. The number of benzene rings is 1. The summed E-state index contributed by atoms with van der Waals surface area (Å²) in [4.78, 5) is 8.55. The first-order chi connectivity index (χ1) is 10.3. The minimum atomic E-state index is -0.159. The largest absolute Gasteiger partial charge is 0.383 e. The molecule has 1 N–H and O–H groups in total. The molecule has 0 saturated carbocycles. The van der Waals surface area contributed by atoms with Gasteiger partial charge in [0, 0.05) is 46.9 Å². The average molecular weight is 294 g/mol. The predicted octanol–water partition coefficient (Wildman–Crippen LogP) is 1.17. The van der Waals surface area contributed by atoms with Gasteiger partial charge in [-0.25, -0.2) is 4.39 Å². The first-order valence-electron chi connectivity index (χ1n) is 7.20. The molecule has 116 valence electrons. The Hall–Kier alpha value is -1.82. The van der Waals surface area contributed by atoms with Crippen LogP contribution in [0.2, 0.25) is 0 Å². The van der Waals surface area contributed by atoms with Crippen molar-refractivity contribution in [1.82, 2.24) is 10.2 Å². The number of guanidine groups is 1. The zero-order valence-electron chi connectivity index (χ0n) is 12.7. The summed E-state index contributed by atoms with van der Waals surface area (Å²) < 4.78 is 18.8. The third kappa shape index (κ3) is 4.07. The number of aliphatic imine (C=N–C) groups is 1. The second kappa shape index (κ2) is 7.83. The van der Waals surface area contributed by atoms with Gasteiger partial charge in [0.25, 0.3) is 0 Å². The van der Waals surface area contributed by atoms with Gasteiger partial charge in [0.1, 0.15) is 5.82 Å². The highest BCUT2D eigenvalue weighted by Gasteiger charge is 2.21. The Bertz CT molecular complexity index is 472. The average Bonchev–Trinajstić information content (AvgIpc) is 2.53. The molecule has 2 rings (SSSR count). The maximum absolute atomic E-state index is 13.8. The number of piperazine rings is 1. The van der Waals surface area contributed by atoms with Gasteiger partial charge >= 0.3 is 0 Å². The summed E-state index contributed by atoms with van der Waals surface area (Å²) in [7, 11) is 3.45. The molecule has 1 saturated heterocycles. The van der Waals surface area contributed by atoms with Crippen molar-refractivity contribution in [3.8, 4) is 0 Å². The fourth-order valence-corrected chi connectivity index (χ4v) is 2.46. The molecule has 1 fully saturated rings. The molecule has 1 aliphatic rings. The van der Waals surface area contributed by atoms with Crippen molar-refractivity contribution in [1.29, 1.82) is 0 Å². The summed E-state index contributed by atoms with van der Waals surface area (Å²) in [5.74, 6) is 0.716. The molecule has 0 unspecified atom stereocenters. The Morgan fingerprint density at radius 2 is 2.00 bits per heavy atom. The van der Waals surface area contributed by atoms with Crippen LogP contribution in [-0.4, -0.2) is 64.3 Å². The summed E-state index contributed by atoms with van der Waals surface area (Å²) in [5.41, 5.74) is 0.680. The van der Waals surface area contributed by atoms with E-state index in [0.717, 1.165) is 38.7 Å². The molecular weight excluding hydrogens is 271 g/mol. The summed E-state index contributed by atoms with van der Waals surface area (Å²) in [6.07, 6.45) is 0. The van der Waals surface area contributed by atoms with Crippen LogP contribution in [0.25, 0.3) is 0 Å².